The number of anilines is 1. The van der Waals surface area contributed by atoms with Gasteiger partial charge in [0.15, 0.2) is 0 Å². The average Bonchev–Trinajstić information content (AvgIpc) is 2.67. The van der Waals surface area contributed by atoms with Crippen molar-refractivity contribution in [2.75, 3.05) is 12.4 Å². The molecule has 0 fully saturated rings. The summed E-state index contributed by atoms with van der Waals surface area (Å²) in [5, 5.41) is 5.10. The summed E-state index contributed by atoms with van der Waals surface area (Å²) in [4.78, 5) is 0. The van der Waals surface area contributed by atoms with Gasteiger partial charge in [-0.3, -0.25) is 0 Å². The third kappa shape index (κ3) is 3.15. The molecule has 0 aliphatic rings. The SMILES string of the molecule is CNc1ccccc1-c1ccccc1[P@@](=O)(c1ccccc1)C(C)C. The van der Waals surface area contributed by atoms with Gasteiger partial charge in [-0.2, -0.15) is 0 Å². The van der Waals surface area contributed by atoms with Gasteiger partial charge in [-0.25, -0.2) is 0 Å². The van der Waals surface area contributed by atoms with Crippen LogP contribution in [0.25, 0.3) is 11.1 Å². The van der Waals surface area contributed by atoms with Gasteiger partial charge in [0.2, 0.25) is 0 Å². The second kappa shape index (κ2) is 7.29. The standard InChI is InChI=1S/C22H24NOP/c1-17(2)25(24,18-11-5-4-6-12-18)22-16-10-8-14-20(22)19-13-7-9-15-21(19)23-3/h4-17,23H,1-3H3/t25-/m0/s1. The molecule has 128 valence electrons. The molecule has 0 heterocycles. The molecule has 0 saturated carbocycles. The maximum absolute atomic E-state index is 14.3. The van der Waals surface area contributed by atoms with Crippen molar-refractivity contribution in [3.05, 3.63) is 78.9 Å². The maximum atomic E-state index is 14.3. The molecule has 3 rings (SSSR count). The van der Waals surface area contributed by atoms with Crippen molar-refractivity contribution < 1.29 is 4.57 Å². The minimum atomic E-state index is -2.76. The first kappa shape index (κ1) is 17.5. The van der Waals surface area contributed by atoms with Crippen molar-refractivity contribution in [1.29, 1.82) is 0 Å². The summed E-state index contributed by atoms with van der Waals surface area (Å²) in [5.41, 5.74) is 3.18. The fraction of sp³-hybridized carbons (Fsp3) is 0.182. The van der Waals surface area contributed by atoms with Gasteiger partial charge in [0.1, 0.15) is 7.14 Å². The zero-order valence-electron chi connectivity index (χ0n) is 14.9. The lowest BCUT2D eigenvalue weighted by atomic mass is 10.0. The molecule has 0 unspecified atom stereocenters. The van der Waals surface area contributed by atoms with Crippen LogP contribution in [0, 0.1) is 0 Å². The second-order valence-electron chi connectivity index (χ2n) is 6.40. The number of nitrogens with one attached hydrogen (secondary N) is 1. The lowest BCUT2D eigenvalue weighted by molar-refractivity contribution is 0.581. The van der Waals surface area contributed by atoms with Crippen LogP contribution in [0.15, 0.2) is 78.9 Å². The molecule has 3 aromatic carbocycles. The van der Waals surface area contributed by atoms with Gasteiger partial charge in [-0.15, -0.1) is 0 Å². The molecule has 0 spiro atoms. The summed E-state index contributed by atoms with van der Waals surface area (Å²) in [6.07, 6.45) is 0. The van der Waals surface area contributed by atoms with E-state index >= 15 is 0 Å². The highest BCUT2D eigenvalue weighted by Crippen LogP contribution is 2.50. The van der Waals surface area contributed by atoms with E-state index in [2.05, 4.69) is 37.4 Å². The van der Waals surface area contributed by atoms with E-state index < -0.39 is 7.14 Å². The van der Waals surface area contributed by atoms with E-state index in [-0.39, 0.29) is 5.66 Å². The fourth-order valence-electron chi connectivity index (χ4n) is 3.29. The van der Waals surface area contributed by atoms with Gasteiger partial charge in [-0.05, 0) is 11.6 Å². The first-order valence-electron chi connectivity index (χ1n) is 8.61. The normalized spacial score (nSPS) is 13.4. The zero-order valence-corrected chi connectivity index (χ0v) is 15.8. The minimum absolute atomic E-state index is 0.0257. The van der Waals surface area contributed by atoms with E-state index in [1.54, 1.807) is 0 Å². The number of hydrogen-bond donors (Lipinski definition) is 1. The molecule has 0 aromatic heterocycles. The van der Waals surface area contributed by atoms with Crippen LogP contribution < -0.4 is 15.9 Å². The van der Waals surface area contributed by atoms with E-state index in [1.165, 1.54) is 0 Å². The lowest BCUT2D eigenvalue weighted by Crippen LogP contribution is -2.24. The summed E-state index contributed by atoms with van der Waals surface area (Å²) in [5.74, 6) is 0. The largest absolute Gasteiger partial charge is 0.388 e. The molecule has 1 atom stereocenters. The van der Waals surface area contributed by atoms with Crippen molar-refractivity contribution >= 4 is 23.4 Å². The first-order valence-corrected chi connectivity index (χ1v) is 10.4. The van der Waals surface area contributed by atoms with Crippen molar-refractivity contribution in [1.82, 2.24) is 0 Å². The molecule has 3 heteroatoms. The zero-order chi connectivity index (χ0) is 17.9. The summed E-state index contributed by atoms with van der Waals surface area (Å²) in [6.45, 7) is 4.10. The van der Waals surface area contributed by atoms with Crippen LogP contribution in [-0.2, 0) is 4.57 Å². The predicted molar refractivity (Wildman–Crippen MR) is 110 cm³/mol. The molecule has 25 heavy (non-hydrogen) atoms. The average molecular weight is 349 g/mol. The first-order chi connectivity index (χ1) is 12.1. The number of benzene rings is 3. The van der Waals surface area contributed by atoms with Crippen molar-refractivity contribution in [3.8, 4) is 11.1 Å². The highest BCUT2D eigenvalue weighted by molar-refractivity contribution is 7.79. The van der Waals surface area contributed by atoms with Crippen molar-refractivity contribution in [2.24, 2.45) is 0 Å². The van der Waals surface area contributed by atoms with Gasteiger partial charge in [0, 0.05) is 34.6 Å². The molecule has 1 N–H and O–H groups in total. The number of hydrogen-bond acceptors (Lipinski definition) is 2. The van der Waals surface area contributed by atoms with Crippen LogP contribution in [0.5, 0.6) is 0 Å². The monoisotopic (exact) mass is 349 g/mol. The van der Waals surface area contributed by atoms with Crippen LogP contribution in [0.2, 0.25) is 0 Å². The summed E-state index contributed by atoms with van der Waals surface area (Å²) in [6, 6.07) is 26.1. The third-order valence-electron chi connectivity index (χ3n) is 4.62. The number of rotatable bonds is 5. The molecular formula is C22H24NOP. The van der Waals surface area contributed by atoms with Crippen LogP contribution >= 0.6 is 7.14 Å². The third-order valence-corrected chi connectivity index (χ3v) is 8.24. The van der Waals surface area contributed by atoms with Gasteiger partial charge >= 0.3 is 0 Å². The van der Waals surface area contributed by atoms with Crippen LogP contribution in [0.4, 0.5) is 5.69 Å². The Morgan fingerprint density at radius 1 is 0.760 bits per heavy atom. The Labute approximate surface area is 150 Å². The Balaban J connectivity index is 2.29. The predicted octanol–water partition coefficient (Wildman–Crippen LogP) is 5.12. The van der Waals surface area contributed by atoms with Crippen LogP contribution in [0.1, 0.15) is 13.8 Å². The van der Waals surface area contributed by atoms with Gasteiger partial charge < -0.3 is 9.88 Å². The smallest absolute Gasteiger partial charge is 0.146 e. The summed E-state index contributed by atoms with van der Waals surface area (Å²) >= 11 is 0. The Morgan fingerprint density at radius 2 is 1.32 bits per heavy atom. The summed E-state index contributed by atoms with van der Waals surface area (Å²) in [7, 11) is -0.840. The van der Waals surface area contributed by atoms with E-state index in [4.69, 9.17) is 0 Å². The van der Waals surface area contributed by atoms with E-state index in [0.29, 0.717) is 0 Å². The van der Waals surface area contributed by atoms with Crippen LogP contribution in [0.3, 0.4) is 0 Å². The van der Waals surface area contributed by atoms with Gasteiger partial charge in [0.05, 0.1) is 0 Å². The molecular weight excluding hydrogens is 325 g/mol. The summed E-state index contributed by atoms with van der Waals surface area (Å²) < 4.78 is 14.3. The van der Waals surface area contributed by atoms with Crippen LogP contribution in [-0.4, -0.2) is 12.7 Å². The Hall–Kier alpha value is -2.31. The van der Waals surface area contributed by atoms with Gasteiger partial charge in [-0.1, -0.05) is 86.6 Å². The molecule has 0 amide bonds. The highest BCUT2D eigenvalue weighted by Gasteiger charge is 2.33. The maximum Gasteiger partial charge on any atom is 0.146 e. The minimum Gasteiger partial charge on any atom is -0.388 e. The Bertz CT molecular complexity index is 903. The molecule has 0 aliphatic carbocycles. The number of para-hydroxylation sites is 1. The Morgan fingerprint density at radius 3 is 1.96 bits per heavy atom. The molecule has 0 bridgehead atoms. The second-order valence-corrected chi connectivity index (χ2v) is 9.75. The van der Waals surface area contributed by atoms with Crippen molar-refractivity contribution in [3.63, 3.8) is 0 Å². The molecule has 0 radical (unpaired) electrons. The van der Waals surface area contributed by atoms with E-state index in [1.807, 2.05) is 67.7 Å². The molecule has 0 aliphatic heterocycles. The van der Waals surface area contributed by atoms with E-state index in [0.717, 1.165) is 27.4 Å². The lowest BCUT2D eigenvalue weighted by Gasteiger charge is -2.26. The van der Waals surface area contributed by atoms with Crippen molar-refractivity contribution in [2.45, 2.75) is 19.5 Å². The van der Waals surface area contributed by atoms with E-state index in [9.17, 15) is 4.57 Å². The molecule has 3 aromatic rings. The highest BCUT2D eigenvalue weighted by atomic mass is 31.2. The molecule has 2 nitrogen and oxygen atoms in total. The van der Waals surface area contributed by atoms with Gasteiger partial charge in [0.25, 0.3) is 0 Å². The topological polar surface area (TPSA) is 29.1 Å². The fourth-order valence-corrected chi connectivity index (χ4v) is 6.20. The Kier molecular flexibility index (Phi) is 5.11. The molecule has 0 saturated heterocycles. The quantitative estimate of drug-likeness (QED) is 0.648.